The first-order chi connectivity index (χ1) is 9.08. The van der Waals surface area contributed by atoms with Gasteiger partial charge in [-0.25, -0.2) is 0 Å². The molecule has 0 aliphatic carbocycles. The van der Waals surface area contributed by atoms with Crippen LogP contribution in [0.3, 0.4) is 0 Å². The Morgan fingerprint density at radius 1 is 1.21 bits per heavy atom. The standard InChI is InChI=1S/C14H13BrN4/c1-19(2)14(11(9-16)10-17)7-8-18-13-5-3-12(15)4-6-13/h3-8,18H,1-2H3. The summed E-state index contributed by atoms with van der Waals surface area (Å²) in [5.74, 6) is 0. The topological polar surface area (TPSA) is 62.9 Å². The Labute approximate surface area is 121 Å². The smallest absolute Gasteiger partial charge is 0.152 e. The number of rotatable bonds is 4. The fraction of sp³-hybridized carbons (Fsp3) is 0.143. The number of hydrogen-bond donors (Lipinski definition) is 1. The van der Waals surface area contributed by atoms with Crippen molar-refractivity contribution >= 4 is 21.6 Å². The molecule has 4 nitrogen and oxygen atoms in total. The van der Waals surface area contributed by atoms with Crippen LogP contribution in [0, 0.1) is 22.7 Å². The minimum atomic E-state index is 0.0823. The molecule has 0 atom stereocenters. The highest BCUT2D eigenvalue weighted by Crippen LogP contribution is 2.14. The Morgan fingerprint density at radius 2 is 1.79 bits per heavy atom. The van der Waals surface area contributed by atoms with Gasteiger partial charge in [0.25, 0.3) is 0 Å². The first kappa shape index (κ1) is 14.8. The quantitative estimate of drug-likeness (QED) is 0.684. The second-order valence-electron chi connectivity index (χ2n) is 3.86. The molecule has 1 rings (SSSR count). The van der Waals surface area contributed by atoms with Crippen LogP contribution in [0.1, 0.15) is 0 Å². The number of hydrogen-bond acceptors (Lipinski definition) is 4. The van der Waals surface area contributed by atoms with Gasteiger partial charge in [0.2, 0.25) is 0 Å². The summed E-state index contributed by atoms with van der Waals surface area (Å²) in [4.78, 5) is 1.72. The maximum absolute atomic E-state index is 8.88. The third-order valence-corrected chi connectivity index (χ3v) is 2.83. The average Bonchev–Trinajstić information content (AvgIpc) is 2.40. The van der Waals surface area contributed by atoms with Gasteiger partial charge in [0.05, 0.1) is 5.70 Å². The van der Waals surface area contributed by atoms with E-state index in [1.165, 1.54) is 0 Å². The van der Waals surface area contributed by atoms with Crippen molar-refractivity contribution in [3.63, 3.8) is 0 Å². The Morgan fingerprint density at radius 3 is 2.26 bits per heavy atom. The summed E-state index contributed by atoms with van der Waals surface area (Å²) in [5.41, 5.74) is 1.57. The van der Waals surface area contributed by atoms with E-state index >= 15 is 0 Å². The van der Waals surface area contributed by atoms with Crippen molar-refractivity contribution in [3.05, 3.63) is 52.3 Å². The molecule has 1 aromatic carbocycles. The van der Waals surface area contributed by atoms with Crippen LogP contribution in [0.15, 0.2) is 52.3 Å². The predicted octanol–water partition coefficient (Wildman–Crippen LogP) is 3.24. The molecule has 5 heteroatoms. The number of likely N-dealkylation sites (N-methyl/N-ethyl adjacent to an activating group) is 1. The van der Waals surface area contributed by atoms with Crippen LogP contribution >= 0.6 is 15.9 Å². The molecule has 19 heavy (non-hydrogen) atoms. The average molecular weight is 317 g/mol. The molecule has 0 bridgehead atoms. The minimum Gasteiger partial charge on any atom is -0.376 e. The van der Waals surface area contributed by atoms with Crippen molar-refractivity contribution in [2.45, 2.75) is 0 Å². The number of nitrogens with zero attached hydrogens (tertiary/aromatic N) is 3. The van der Waals surface area contributed by atoms with Gasteiger partial charge in [0.1, 0.15) is 12.1 Å². The van der Waals surface area contributed by atoms with Gasteiger partial charge in [-0.15, -0.1) is 0 Å². The van der Waals surface area contributed by atoms with E-state index in [1.807, 2.05) is 36.4 Å². The van der Waals surface area contributed by atoms with Crippen molar-refractivity contribution in [1.29, 1.82) is 10.5 Å². The second kappa shape index (κ2) is 7.25. The van der Waals surface area contributed by atoms with Crippen molar-refractivity contribution < 1.29 is 0 Å². The number of benzene rings is 1. The molecular weight excluding hydrogens is 304 g/mol. The van der Waals surface area contributed by atoms with Crippen LogP contribution in [-0.2, 0) is 0 Å². The van der Waals surface area contributed by atoms with Gasteiger partial charge < -0.3 is 10.2 Å². The van der Waals surface area contributed by atoms with E-state index in [0.717, 1.165) is 10.2 Å². The number of anilines is 1. The van der Waals surface area contributed by atoms with Crippen LogP contribution in [0.2, 0.25) is 0 Å². The normalized spacial score (nSPS) is 9.53. The van der Waals surface area contributed by atoms with Crippen molar-refractivity contribution in [2.75, 3.05) is 19.4 Å². The Hall–Kier alpha value is -2.24. The fourth-order valence-electron chi connectivity index (χ4n) is 1.36. The van der Waals surface area contributed by atoms with E-state index in [1.54, 1.807) is 31.3 Å². The van der Waals surface area contributed by atoms with Crippen LogP contribution < -0.4 is 5.32 Å². The Bertz CT molecular complexity index is 555. The summed E-state index contributed by atoms with van der Waals surface area (Å²) in [7, 11) is 3.57. The number of nitrogens with one attached hydrogen (secondary N) is 1. The predicted molar refractivity (Wildman–Crippen MR) is 78.8 cm³/mol. The highest BCUT2D eigenvalue weighted by Gasteiger charge is 2.04. The summed E-state index contributed by atoms with van der Waals surface area (Å²) in [6.45, 7) is 0. The first-order valence-corrected chi connectivity index (χ1v) is 6.28. The summed E-state index contributed by atoms with van der Waals surface area (Å²) in [5, 5.41) is 20.8. The maximum Gasteiger partial charge on any atom is 0.152 e. The molecule has 0 radical (unpaired) electrons. The zero-order chi connectivity index (χ0) is 14.3. The van der Waals surface area contributed by atoms with E-state index in [9.17, 15) is 0 Å². The molecular formula is C14H13BrN4. The maximum atomic E-state index is 8.88. The highest BCUT2D eigenvalue weighted by molar-refractivity contribution is 9.10. The third kappa shape index (κ3) is 4.50. The molecule has 0 aromatic heterocycles. The van der Waals surface area contributed by atoms with Crippen LogP contribution in [0.5, 0.6) is 0 Å². The van der Waals surface area contributed by atoms with E-state index in [4.69, 9.17) is 10.5 Å². The van der Waals surface area contributed by atoms with Crippen LogP contribution in [0.4, 0.5) is 5.69 Å². The van der Waals surface area contributed by atoms with Gasteiger partial charge in [-0.1, -0.05) is 15.9 Å². The number of allylic oxidation sites excluding steroid dienone is 2. The van der Waals surface area contributed by atoms with Gasteiger partial charge >= 0.3 is 0 Å². The molecule has 0 unspecified atom stereocenters. The van der Waals surface area contributed by atoms with Gasteiger partial charge in [0.15, 0.2) is 5.57 Å². The lowest BCUT2D eigenvalue weighted by atomic mass is 10.2. The Kier molecular flexibility index (Phi) is 5.66. The van der Waals surface area contributed by atoms with Gasteiger partial charge in [0, 0.05) is 30.5 Å². The monoisotopic (exact) mass is 316 g/mol. The largest absolute Gasteiger partial charge is 0.376 e. The van der Waals surface area contributed by atoms with Gasteiger partial charge in [-0.3, -0.25) is 0 Å². The summed E-state index contributed by atoms with van der Waals surface area (Å²) in [6, 6.07) is 11.5. The fourth-order valence-corrected chi connectivity index (χ4v) is 1.62. The first-order valence-electron chi connectivity index (χ1n) is 5.49. The summed E-state index contributed by atoms with van der Waals surface area (Å²) in [6.07, 6.45) is 3.40. The summed E-state index contributed by atoms with van der Waals surface area (Å²) < 4.78 is 1.01. The number of halogens is 1. The van der Waals surface area contributed by atoms with E-state index in [-0.39, 0.29) is 5.57 Å². The minimum absolute atomic E-state index is 0.0823. The van der Waals surface area contributed by atoms with Gasteiger partial charge in [-0.2, -0.15) is 10.5 Å². The summed E-state index contributed by atoms with van der Waals surface area (Å²) >= 11 is 3.36. The molecule has 1 N–H and O–H groups in total. The lowest BCUT2D eigenvalue weighted by Gasteiger charge is -2.13. The molecule has 0 amide bonds. The SMILES string of the molecule is CN(C)C(C=CNc1ccc(Br)cc1)=C(C#N)C#N. The third-order valence-electron chi connectivity index (χ3n) is 2.30. The lowest BCUT2D eigenvalue weighted by Crippen LogP contribution is -2.11. The molecule has 96 valence electrons. The zero-order valence-electron chi connectivity index (χ0n) is 10.7. The number of nitriles is 2. The highest BCUT2D eigenvalue weighted by atomic mass is 79.9. The van der Waals surface area contributed by atoms with Crippen molar-refractivity contribution in [3.8, 4) is 12.1 Å². The molecule has 1 aromatic rings. The molecule has 0 saturated carbocycles. The molecule has 0 fully saturated rings. The van der Waals surface area contributed by atoms with Crippen molar-refractivity contribution in [1.82, 2.24) is 4.90 Å². The second-order valence-corrected chi connectivity index (χ2v) is 4.78. The Balaban J connectivity index is 2.85. The molecule has 0 aliphatic heterocycles. The molecule has 0 spiro atoms. The van der Waals surface area contributed by atoms with E-state index in [2.05, 4.69) is 21.2 Å². The van der Waals surface area contributed by atoms with Crippen LogP contribution in [-0.4, -0.2) is 19.0 Å². The van der Waals surface area contributed by atoms with Crippen molar-refractivity contribution in [2.24, 2.45) is 0 Å². The van der Waals surface area contributed by atoms with Crippen LogP contribution in [0.25, 0.3) is 0 Å². The van der Waals surface area contributed by atoms with E-state index < -0.39 is 0 Å². The van der Waals surface area contributed by atoms with E-state index in [0.29, 0.717) is 5.70 Å². The molecule has 0 heterocycles. The zero-order valence-corrected chi connectivity index (χ0v) is 12.3. The molecule has 0 saturated heterocycles. The lowest BCUT2D eigenvalue weighted by molar-refractivity contribution is 0.527. The van der Waals surface area contributed by atoms with Gasteiger partial charge in [-0.05, 0) is 30.3 Å². The molecule has 0 aliphatic rings.